The van der Waals surface area contributed by atoms with Gasteiger partial charge in [0.1, 0.15) is 5.78 Å². The number of ketones is 1. The van der Waals surface area contributed by atoms with Crippen LogP contribution in [-0.2, 0) is 47.7 Å². The molecular weight excluding hydrogens is 786 g/mol. The molecule has 0 saturated carbocycles. The Morgan fingerprint density at radius 1 is 0.600 bits per heavy atom. The van der Waals surface area contributed by atoms with Gasteiger partial charge in [0, 0.05) is 71.9 Å². The number of aliphatic carboxylic acids is 2. The fraction of sp³-hybridized carbons (Fsp3) is 0.850. The van der Waals surface area contributed by atoms with Crippen molar-refractivity contribution in [2.24, 2.45) is 0 Å². The van der Waals surface area contributed by atoms with Gasteiger partial charge in [-0.15, -0.1) is 0 Å². The van der Waals surface area contributed by atoms with Crippen molar-refractivity contribution in [1.82, 2.24) is 35.6 Å². The molecule has 20 nitrogen and oxygen atoms in total. The second-order valence-corrected chi connectivity index (χ2v) is 13.0. The second-order valence-electron chi connectivity index (χ2n) is 13.0. The lowest BCUT2D eigenvalue weighted by Gasteiger charge is -2.33. The van der Waals surface area contributed by atoms with Gasteiger partial charge in [-0.1, -0.05) is 34.6 Å². The fourth-order valence-electron chi connectivity index (χ4n) is 5.54. The highest BCUT2D eigenvalue weighted by molar-refractivity contribution is 5.81. The monoisotopic (exact) mass is 868 g/mol. The lowest BCUT2D eigenvalue weighted by molar-refractivity contribution is -0.139. The van der Waals surface area contributed by atoms with Crippen molar-refractivity contribution in [2.75, 3.05) is 152 Å². The maximum absolute atomic E-state index is 12.7. The highest BCUT2D eigenvalue weighted by Gasteiger charge is 2.20. The van der Waals surface area contributed by atoms with Crippen molar-refractivity contribution in [1.29, 1.82) is 0 Å². The first-order valence-electron chi connectivity index (χ1n) is 21.4. The Bertz CT molecular complexity index is 1050. The summed E-state index contributed by atoms with van der Waals surface area (Å²) in [4.78, 5) is 75.2. The van der Waals surface area contributed by atoms with E-state index in [0.717, 1.165) is 25.8 Å². The lowest BCUT2D eigenvalue weighted by atomic mass is 10.1. The third-order valence-corrected chi connectivity index (χ3v) is 8.70. The zero-order chi connectivity index (χ0) is 45.8. The molecule has 0 aromatic carbocycles. The maximum Gasteiger partial charge on any atom is 0.317 e. The normalized spacial score (nSPS) is 14.8. The summed E-state index contributed by atoms with van der Waals surface area (Å²) < 4.78 is 22.0. The highest BCUT2D eigenvalue weighted by Crippen LogP contribution is 2.03. The van der Waals surface area contributed by atoms with E-state index < -0.39 is 11.9 Å². The molecule has 0 bridgehead atoms. The molecule has 1 aliphatic heterocycles. The summed E-state index contributed by atoms with van der Waals surface area (Å²) in [5.41, 5.74) is 0. The molecular formula is C40H81N7O13. The van der Waals surface area contributed by atoms with Crippen molar-refractivity contribution in [3.63, 3.8) is 0 Å². The molecule has 20 heteroatoms. The van der Waals surface area contributed by atoms with Gasteiger partial charge in [0.05, 0.1) is 78.5 Å². The van der Waals surface area contributed by atoms with E-state index >= 15 is 0 Å². The molecule has 354 valence electrons. The number of hydrogen-bond donors (Lipinski definition) is 6. The van der Waals surface area contributed by atoms with Crippen LogP contribution in [0.15, 0.2) is 0 Å². The molecule has 1 unspecified atom stereocenters. The summed E-state index contributed by atoms with van der Waals surface area (Å²) in [6, 6.07) is -0.126. The predicted octanol–water partition coefficient (Wildman–Crippen LogP) is 0.186. The minimum atomic E-state index is -0.900. The quantitative estimate of drug-likeness (QED) is 0.0434. The predicted molar refractivity (Wildman–Crippen MR) is 229 cm³/mol. The molecule has 1 saturated heterocycles. The molecule has 1 aliphatic rings. The van der Waals surface area contributed by atoms with Crippen LogP contribution < -0.4 is 16.0 Å². The molecule has 1 heterocycles. The van der Waals surface area contributed by atoms with Gasteiger partial charge >= 0.3 is 11.9 Å². The van der Waals surface area contributed by atoms with Crippen molar-refractivity contribution in [3.05, 3.63) is 0 Å². The summed E-state index contributed by atoms with van der Waals surface area (Å²) in [6.07, 6.45) is 2.71. The molecule has 0 radical (unpaired) electrons. The Morgan fingerprint density at radius 2 is 0.983 bits per heavy atom. The number of rotatable bonds is 29. The molecule has 0 aromatic rings. The van der Waals surface area contributed by atoms with E-state index in [0.29, 0.717) is 118 Å². The van der Waals surface area contributed by atoms with Gasteiger partial charge in [0.25, 0.3) is 6.47 Å². The molecule has 6 N–H and O–H groups in total. The first kappa shape index (κ1) is 61.0. The minimum absolute atomic E-state index is 0.0657. The number of carboxylic acid groups (broad SMARTS) is 3. The number of amides is 2. The summed E-state index contributed by atoms with van der Waals surface area (Å²) in [5.74, 6) is -1.93. The standard InChI is InChI=1S/C35H67N7O11.2C2H6.CH2O2/c1-4-39-11-13-41(28-34(46)47)17-15-40(16-18-42(14-12-39)29-35(48)49)27-33(45)38-10-20-51-22-24-53-26-25-52-23-21-50-19-8-32(44)37-9-6-5-7-31(36-3)30(2)43;2*1-2;2-1-3/h31,36H,4-29H2,1-3H3,(H,37,44)(H,38,45)(H,46,47)(H,48,49);2*1-2H3;1H,(H,2,3). The smallest absolute Gasteiger partial charge is 0.317 e. The molecule has 2 amide bonds. The van der Waals surface area contributed by atoms with Crippen LogP contribution in [0, 0.1) is 0 Å². The van der Waals surface area contributed by atoms with Crippen LogP contribution >= 0.6 is 0 Å². The third-order valence-electron chi connectivity index (χ3n) is 8.70. The van der Waals surface area contributed by atoms with E-state index in [9.17, 15) is 34.2 Å². The van der Waals surface area contributed by atoms with Gasteiger partial charge < -0.3 is 55.1 Å². The van der Waals surface area contributed by atoms with E-state index in [1.165, 1.54) is 0 Å². The van der Waals surface area contributed by atoms with Crippen LogP contribution in [-0.4, -0.2) is 228 Å². The van der Waals surface area contributed by atoms with Gasteiger partial charge in [-0.05, 0) is 39.8 Å². The number of carbonyl (C=O) groups excluding carboxylic acids is 3. The fourth-order valence-corrected chi connectivity index (χ4v) is 5.54. The van der Waals surface area contributed by atoms with Gasteiger partial charge in [-0.25, -0.2) is 0 Å². The molecule has 1 rings (SSSR count). The largest absolute Gasteiger partial charge is 0.483 e. The summed E-state index contributed by atoms with van der Waals surface area (Å²) in [5, 5.41) is 34.4. The molecule has 0 aliphatic carbocycles. The lowest BCUT2D eigenvalue weighted by Crippen LogP contribution is -2.49. The minimum Gasteiger partial charge on any atom is -0.483 e. The topological polar surface area (TPSA) is 249 Å². The summed E-state index contributed by atoms with van der Waals surface area (Å²) >= 11 is 0. The van der Waals surface area contributed by atoms with Crippen LogP contribution in [0.3, 0.4) is 0 Å². The molecule has 0 aromatic heterocycles. The number of unbranched alkanes of at least 4 members (excludes halogenated alkanes) is 1. The SMILES string of the molecule is CC.CC.CCN1CCN(CC(=O)O)CCN(CC(=O)NCCOCCOCCOCCOCCC(=O)NCCCCC(NC)C(C)=O)CCN(CC(=O)O)CC1.O=CO. The number of nitrogens with one attached hydrogen (secondary N) is 3. The van der Waals surface area contributed by atoms with E-state index in [4.69, 9.17) is 28.8 Å². The van der Waals surface area contributed by atoms with Gasteiger partial charge in [-0.2, -0.15) is 0 Å². The molecule has 60 heavy (non-hydrogen) atoms. The number of Topliss-reactive ketones (excluding diaryl/α,β-unsaturated/α-hetero) is 1. The van der Waals surface area contributed by atoms with Crippen LogP contribution in [0.5, 0.6) is 0 Å². The Balaban J connectivity index is -0.00000436. The Kier molecular flexibility index (Phi) is 45.9. The number of ether oxygens (including phenoxy) is 4. The van der Waals surface area contributed by atoms with Gasteiger partial charge in [0.2, 0.25) is 11.8 Å². The van der Waals surface area contributed by atoms with Crippen molar-refractivity contribution >= 4 is 36.0 Å². The molecule has 0 spiro atoms. The van der Waals surface area contributed by atoms with Crippen molar-refractivity contribution in [2.45, 2.75) is 73.3 Å². The maximum atomic E-state index is 12.7. The third kappa shape index (κ3) is 40.1. The van der Waals surface area contributed by atoms with Crippen LogP contribution in [0.25, 0.3) is 0 Å². The average molecular weight is 868 g/mol. The van der Waals surface area contributed by atoms with Crippen LogP contribution in [0.2, 0.25) is 0 Å². The van der Waals surface area contributed by atoms with Crippen molar-refractivity contribution < 1.29 is 63.0 Å². The number of likely N-dealkylation sites (N-methyl/N-ethyl adjacent to an activating group) is 2. The highest BCUT2D eigenvalue weighted by atomic mass is 16.6. The van der Waals surface area contributed by atoms with E-state index in [2.05, 4.69) is 20.9 Å². The van der Waals surface area contributed by atoms with Crippen LogP contribution in [0.1, 0.15) is 67.2 Å². The van der Waals surface area contributed by atoms with Gasteiger partial charge in [0.15, 0.2) is 0 Å². The van der Waals surface area contributed by atoms with E-state index in [1.807, 2.05) is 49.3 Å². The number of carbonyl (C=O) groups is 6. The van der Waals surface area contributed by atoms with E-state index in [1.54, 1.807) is 14.0 Å². The Labute approximate surface area is 358 Å². The van der Waals surface area contributed by atoms with Gasteiger partial charge in [-0.3, -0.25) is 43.5 Å². The number of nitrogens with zero attached hydrogens (tertiary/aromatic N) is 4. The van der Waals surface area contributed by atoms with Crippen LogP contribution in [0.4, 0.5) is 0 Å². The summed E-state index contributed by atoms with van der Waals surface area (Å²) in [7, 11) is 1.77. The Morgan fingerprint density at radius 3 is 1.38 bits per heavy atom. The number of carboxylic acids is 2. The zero-order valence-corrected chi connectivity index (χ0v) is 37.8. The molecule has 1 atom stereocenters. The summed E-state index contributed by atoms with van der Waals surface area (Å²) in [6.45, 7) is 20.3. The Hall–Kier alpha value is -3.34. The average Bonchev–Trinajstić information content (AvgIpc) is 3.22. The molecule has 1 fully saturated rings. The zero-order valence-electron chi connectivity index (χ0n) is 37.8. The van der Waals surface area contributed by atoms with Crippen molar-refractivity contribution in [3.8, 4) is 0 Å². The first-order valence-corrected chi connectivity index (χ1v) is 21.4. The van der Waals surface area contributed by atoms with E-state index in [-0.39, 0.29) is 56.2 Å². The second kappa shape index (κ2) is 45.2. The number of hydrogen-bond acceptors (Lipinski definition) is 15. The first-order chi connectivity index (χ1) is 28.9.